The van der Waals surface area contributed by atoms with E-state index in [4.69, 9.17) is 40.4 Å². The number of aromatic amines is 2. The molecule has 25 nitrogen and oxygen atoms in total. The molecular weight excluding hydrogens is 1150 g/mol. The number of H-pyrrole nitrogens is 2. The lowest BCUT2D eigenvalue weighted by Gasteiger charge is -2.27. The molecule has 8 atom stereocenters. The van der Waals surface area contributed by atoms with Gasteiger partial charge in [0.25, 0.3) is 0 Å². The predicted octanol–water partition coefficient (Wildman–Crippen LogP) is 0.266. The zero-order valence-corrected chi connectivity index (χ0v) is 50.5. The number of rotatable bonds is 37. The lowest BCUT2D eigenvalue weighted by atomic mass is 10.0. The van der Waals surface area contributed by atoms with E-state index in [-0.39, 0.29) is 50.9 Å². The van der Waals surface area contributed by atoms with Crippen molar-refractivity contribution in [1.29, 1.82) is 0 Å². The number of imidazole rings is 1. The minimum Gasteiger partial charge on any atom is -0.370 e. The van der Waals surface area contributed by atoms with E-state index in [1.807, 2.05) is 67.5 Å². The van der Waals surface area contributed by atoms with Gasteiger partial charge in [-0.05, 0) is 85.8 Å². The number of nitrogens with two attached hydrogens (primary N) is 3. The smallest absolute Gasteiger partial charge is 0.243 e. The lowest BCUT2D eigenvalue weighted by molar-refractivity contribution is -0.135. The quantitative estimate of drug-likeness (QED) is 0.0270. The first kappa shape index (κ1) is 69.1. The van der Waals surface area contributed by atoms with Gasteiger partial charge in [-0.25, -0.2) is 4.98 Å². The van der Waals surface area contributed by atoms with Gasteiger partial charge in [-0.2, -0.15) is 11.8 Å². The van der Waals surface area contributed by atoms with Crippen LogP contribution in [0.2, 0.25) is 0 Å². The minimum absolute atomic E-state index is 0.0827. The van der Waals surface area contributed by atoms with Gasteiger partial charge in [0.05, 0.1) is 18.9 Å². The van der Waals surface area contributed by atoms with E-state index in [0.717, 1.165) is 22.2 Å². The molecule has 0 aliphatic heterocycles. The molecule has 0 bridgehead atoms. The Bertz CT molecular complexity index is 2830. The topological polar surface area (TPSA) is 393 Å². The van der Waals surface area contributed by atoms with Crippen LogP contribution < -0.4 is 64.6 Å². The number of thioether (sulfide) groups is 1. The Kier molecular flexibility index (Phi) is 28.8. The Balaban J connectivity index is 1.46. The van der Waals surface area contributed by atoms with Crippen LogP contribution in [-0.4, -0.2) is 166 Å². The summed E-state index contributed by atoms with van der Waals surface area (Å²) in [6, 6.07) is 4.74. The summed E-state index contributed by atoms with van der Waals surface area (Å²) >= 11 is 13.4. The number of alkyl halides is 2. The number of nitrogens with one attached hydrogen (secondary N) is 10. The second kappa shape index (κ2) is 35.0. The number of benzene rings is 2. The Labute approximate surface area is 503 Å². The maximum Gasteiger partial charge on any atom is 0.243 e. The van der Waals surface area contributed by atoms with Crippen LogP contribution in [0.15, 0.2) is 67.3 Å². The third-order valence-electron chi connectivity index (χ3n) is 13.5. The second-order valence-corrected chi connectivity index (χ2v) is 22.8. The van der Waals surface area contributed by atoms with E-state index in [2.05, 4.69) is 57.5 Å². The van der Waals surface area contributed by atoms with Gasteiger partial charge in [0.15, 0.2) is 0 Å². The lowest BCUT2D eigenvalue weighted by Crippen LogP contribution is -2.59. The summed E-state index contributed by atoms with van der Waals surface area (Å²) in [7, 11) is 0. The predicted molar refractivity (Wildman–Crippen MR) is 323 cm³/mol. The van der Waals surface area contributed by atoms with Crippen LogP contribution in [0.4, 0.5) is 5.69 Å². The van der Waals surface area contributed by atoms with Gasteiger partial charge in [-0.15, -0.1) is 23.2 Å². The number of anilines is 1. The Hall–Kier alpha value is -7.42. The number of fused-ring (bicyclic) bond motifs is 1. The highest BCUT2D eigenvalue weighted by molar-refractivity contribution is 7.98. The van der Waals surface area contributed by atoms with Crippen molar-refractivity contribution in [3.63, 3.8) is 0 Å². The van der Waals surface area contributed by atoms with Crippen LogP contribution in [0.25, 0.3) is 10.9 Å². The fourth-order valence-electron chi connectivity index (χ4n) is 8.91. The molecule has 0 saturated heterocycles. The number of hydrogen-bond acceptors (Lipinski definition) is 14. The van der Waals surface area contributed by atoms with Gasteiger partial charge in [0.1, 0.15) is 42.3 Å². The summed E-state index contributed by atoms with van der Waals surface area (Å²) in [5.41, 5.74) is 20.8. The van der Waals surface area contributed by atoms with Crippen molar-refractivity contribution in [2.24, 2.45) is 29.0 Å². The van der Waals surface area contributed by atoms with Crippen molar-refractivity contribution in [3.8, 4) is 0 Å². The third-order valence-corrected chi connectivity index (χ3v) is 14.5. The normalized spacial score (nSPS) is 14.1. The van der Waals surface area contributed by atoms with E-state index >= 15 is 0 Å². The number of carbonyl (C=O) groups is 10. The Morgan fingerprint density at radius 2 is 1.26 bits per heavy atom. The van der Waals surface area contributed by atoms with Crippen LogP contribution >= 0.6 is 35.0 Å². The van der Waals surface area contributed by atoms with Gasteiger partial charge in [0, 0.05) is 78.8 Å². The van der Waals surface area contributed by atoms with E-state index in [1.165, 1.54) is 31.2 Å². The van der Waals surface area contributed by atoms with E-state index < -0.39 is 120 Å². The van der Waals surface area contributed by atoms with Crippen LogP contribution in [0.5, 0.6) is 0 Å². The molecule has 0 aliphatic rings. The van der Waals surface area contributed by atoms with Crippen molar-refractivity contribution in [3.05, 3.63) is 84.1 Å². The summed E-state index contributed by atoms with van der Waals surface area (Å²) in [6.45, 7) is 8.83. The molecule has 2 aromatic heterocycles. The first-order chi connectivity index (χ1) is 39.9. The molecule has 4 rings (SSSR count). The summed E-state index contributed by atoms with van der Waals surface area (Å²) in [4.78, 5) is 147. The molecule has 4 aromatic rings. The van der Waals surface area contributed by atoms with Crippen molar-refractivity contribution in [2.75, 3.05) is 48.3 Å². The maximum atomic E-state index is 14.3. The highest BCUT2D eigenvalue weighted by Crippen LogP contribution is 2.21. The SMILES string of the molecule is CSCC[C@H](NC(=O)[C@H](CC(C)C)NC(=O)[C@H](Cc1cnc[nH]1)NC(=O)CNC(=O)[C@@H](NC(=O)[C@H](C)NC(=O)[C@H](Cc1c[nH]c2ccccc12)NC(=O)[C@H](CCC(N)=O)NC(=O)[C@@H](N)Cc1ccc(N(CCCl)CCCl)cc1)C(C)C)C(N)=O. The van der Waals surface area contributed by atoms with E-state index in [1.54, 1.807) is 26.1 Å². The van der Waals surface area contributed by atoms with Crippen LogP contribution in [0, 0.1) is 11.8 Å². The fourth-order valence-corrected chi connectivity index (χ4v) is 9.79. The Morgan fingerprint density at radius 3 is 1.87 bits per heavy atom. The van der Waals surface area contributed by atoms with E-state index in [0.29, 0.717) is 41.9 Å². The zero-order chi connectivity index (χ0) is 62.0. The molecule has 16 N–H and O–H groups in total. The number of halogens is 2. The molecule has 2 aromatic carbocycles. The number of hydrogen-bond donors (Lipinski definition) is 13. The fraction of sp³-hybridized carbons (Fsp3) is 0.518. The van der Waals surface area contributed by atoms with Crippen molar-refractivity contribution >= 4 is 111 Å². The molecule has 84 heavy (non-hydrogen) atoms. The summed E-state index contributed by atoms with van der Waals surface area (Å²) < 4.78 is 0. The van der Waals surface area contributed by atoms with Crippen molar-refractivity contribution in [1.82, 2.24) is 57.5 Å². The van der Waals surface area contributed by atoms with Gasteiger partial charge < -0.3 is 74.6 Å². The van der Waals surface area contributed by atoms with E-state index in [9.17, 15) is 47.9 Å². The third kappa shape index (κ3) is 22.6. The number of aromatic nitrogens is 3. The minimum atomic E-state index is -1.39. The van der Waals surface area contributed by atoms with Gasteiger partial charge >= 0.3 is 0 Å². The first-order valence-electron chi connectivity index (χ1n) is 27.6. The molecule has 460 valence electrons. The molecule has 0 saturated carbocycles. The van der Waals surface area contributed by atoms with Gasteiger partial charge in [-0.3, -0.25) is 47.9 Å². The highest BCUT2D eigenvalue weighted by Gasteiger charge is 2.34. The average Bonchev–Trinajstić information content (AvgIpc) is 3.94. The number of nitrogens with zero attached hydrogens (tertiary/aromatic N) is 2. The molecule has 2 heterocycles. The first-order valence-corrected chi connectivity index (χ1v) is 30.1. The number of primary amides is 2. The summed E-state index contributed by atoms with van der Waals surface area (Å²) in [5, 5.41) is 21.7. The number of amides is 10. The number of carbonyl (C=O) groups excluding carboxylic acids is 10. The van der Waals surface area contributed by atoms with Crippen LogP contribution in [-0.2, 0) is 67.2 Å². The highest BCUT2D eigenvalue weighted by atomic mass is 35.5. The summed E-state index contributed by atoms with van der Waals surface area (Å²) in [5.74, 6) is -6.94. The van der Waals surface area contributed by atoms with Crippen LogP contribution in [0.1, 0.15) is 77.1 Å². The van der Waals surface area contributed by atoms with Crippen LogP contribution in [0.3, 0.4) is 0 Å². The molecule has 0 radical (unpaired) electrons. The van der Waals surface area contributed by atoms with Crippen molar-refractivity contribution in [2.45, 2.75) is 128 Å². The molecule has 28 heteroatoms. The number of para-hydroxylation sites is 1. The summed E-state index contributed by atoms with van der Waals surface area (Å²) in [6.07, 6.45) is 6.12. The maximum absolute atomic E-state index is 14.3. The Morgan fingerprint density at radius 1 is 0.655 bits per heavy atom. The average molecular weight is 1230 g/mol. The monoisotopic (exact) mass is 1230 g/mol. The largest absolute Gasteiger partial charge is 0.370 e. The molecule has 0 fully saturated rings. The molecular formula is C56H81Cl2N15O10S. The van der Waals surface area contributed by atoms with Crippen molar-refractivity contribution < 1.29 is 47.9 Å². The molecule has 0 unspecified atom stereocenters. The van der Waals surface area contributed by atoms with Gasteiger partial charge in [-0.1, -0.05) is 58.0 Å². The zero-order valence-electron chi connectivity index (χ0n) is 48.2. The molecule has 0 aliphatic carbocycles. The molecule has 0 spiro atoms. The van der Waals surface area contributed by atoms with Gasteiger partial charge in [0.2, 0.25) is 59.1 Å². The second-order valence-electron chi connectivity index (χ2n) is 21.0. The standard InChI is InChI=1S/C56H81Cl2N15O10S/c1-31(2)23-43(54(81)68-41(49(61)76)17-22-84-6)70-55(82)45(26-36-28-62-30-65-36)67-47(75)29-64-56(83)48(32(3)4)72-50(77)33(5)66-53(80)44(25-35-27-63-40-10-8-7-9-38(35)40)71-52(79)42(15-16-46(60)74)69-51(78)39(59)24-34-11-13-37(14-12-34)73(20-18-57)21-19-58/h7-14,27-28,30-33,39,41-45,48,63H,15-26,29,59H2,1-6H3,(H2,60,74)(H2,61,76)(H,62,65)(H,64,83)(H,66,80)(H,67,75)(H,68,81)(H,69,78)(H,70,82)(H,71,79)(H,72,77)/t33-,39-,41-,42-,43-,44-,45-,48-/m0/s1. The molecule has 10 amide bonds.